The number of methoxy groups -OCH3 is 1. The van der Waals surface area contributed by atoms with Gasteiger partial charge in [-0.2, -0.15) is 5.10 Å². The Labute approximate surface area is 112 Å². The van der Waals surface area contributed by atoms with Crippen LogP contribution < -0.4 is 4.90 Å². The van der Waals surface area contributed by atoms with Gasteiger partial charge in [0.05, 0.1) is 18.3 Å². The summed E-state index contributed by atoms with van der Waals surface area (Å²) in [5.74, 6) is 1.19. The van der Waals surface area contributed by atoms with E-state index < -0.39 is 0 Å². The van der Waals surface area contributed by atoms with E-state index in [2.05, 4.69) is 46.7 Å². The summed E-state index contributed by atoms with van der Waals surface area (Å²) >= 11 is 3.55. The van der Waals surface area contributed by atoms with Crippen molar-refractivity contribution in [2.24, 2.45) is 7.05 Å². The van der Waals surface area contributed by atoms with Gasteiger partial charge in [0.25, 0.3) is 0 Å². The Bertz CT molecular complexity index is 365. The molecule has 0 aliphatic heterocycles. The maximum Gasteiger partial charge on any atom is 0.131 e. The Balaban J connectivity index is 3.10. The van der Waals surface area contributed by atoms with Crippen molar-refractivity contribution >= 4 is 21.7 Å². The van der Waals surface area contributed by atoms with E-state index in [1.807, 2.05) is 11.7 Å². The van der Waals surface area contributed by atoms with Gasteiger partial charge < -0.3 is 9.64 Å². The predicted octanol–water partition coefficient (Wildman–Crippen LogP) is 2.48. The minimum Gasteiger partial charge on any atom is -0.383 e. The second kappa shape index (κ2) is 6.40. The molecule has 1 aromatic rings. The van der Waals surface area contributed by atoms with Gasteiger partial charge in [0, 0.05) is 31.6 Å². The van der Waals surface area contributed by atoms with Crippen molar-refractivity contribution < 1.29 is 4.74 Å². The average molecular weight is 304 g/mol. The molecule has 0 spiro atoms. The zero-order valence-corrected chi connectivity index (χ0v) is 12.9. The van der Waals surface area contributed by atoms with E-state index in [-0.39, 0.29) is 0 Å². The van der Waals surface area contributed by atoms with Crippen LogP contribution in [0.5, 0.6) is 0 Å². The number of rotatable bonds is 6. The zero-order valence-electron chi connectivity index (χ0n) is 11.3. The molecule has 5 heteroatoms. The van der Waals surface area contributed by atoms with Crippen molar-refractivity contribution in [3.63, 3.8) is 0 Å². The van der Waals surface area contributed by atoms with Gasteiger partial charge in [0.2, 0.25) is 0 Å². The molecule has 1 unspecified atom stereocenters. The SMILES string of the molecule is CCN(c1c(CBr)c(C)nn1C)C(C)COC. The molecular formula is C12H22BrN3O. The lowest BCUT2D eigenvalue weighted by atomic mass is 10.2. The molecule has 1 aromatic heterocycles. The van der Waals surface area contributed by atoms with Crippen molar-refractivity contribution in [3.05, 3.63) is 11.3 Å². The Morgan fingerprint density at radius 2 is 2.18 bits per heavy atom. The van der Waals surface area contributed by atoms with E-state index in [4.69, 9.17) is 4.74 Å². The van der Waals surface area contributed by atoms with Crippen LogP contribution in [0.25, 0.3) is 0 Å². The summed E-state index contributed by atoms with van der Waals surface area (Å²) in [5, 5.41) is 5.33. The van der Waals surface area contributed by atoms with Crippen molar-refractivity contribution in [2.75, 3.05) is 25.2 Å². The van der Waals surface area contributed by atoms with Gasteiger partial charge in [-0.25, -0.2) is 0 Å². The Morgan fingerprint density at radius 3 is 2.65 bits per heavy atom. The molecule has 0 fully saturated rings. The minimum atomic E-state index is 0.345. The molecule has 1 rings (SSSR count). The van der Waals surface area contributed by atoms with E-state index in [0.717, 1.165) is 24.2 Å². The lowest BCUT2D eigenvalue weighted by molar-refractivity contribution is 0.181. The number of hydrogen-bond donors (Lipinski definition) is 0. The number of likely N-dealkylation sites (N-methyl/N-ethyl adjacent to an activating group) is 1. The van der Waals surface area contributed by atoms with E-state index in [9.17, 15) is 0 Å². The van der Waals surface area contributed by atoms with Crippen molar-refractivity contribution in [3.8, 4) is 0 Å². The van der Waals surface area contributed by atoms with Crippen LogP contribution >= 0.6 is 15.9 Å². The third-order valence-electron chi connectivity index (χ3n) is 3.00. The standard InChI is InChI=1S/C12H22BrN3O/c1-6-16(9(2)8-17-5)12-11(7-13)10(3)14-15(12)4/h9H,6-8H2,1-5H3. The number of aromatic nitrogens is 2. The first-order chi connectivity index (χ1) is 8.06. The van der Waals surface area contributed by atoms with E-state index in [1.54, 1.807) is 7.11 Å². The monoisotopic (exact) mass is 303 g/mol. The molecule has 1 heterocycles. The molecule has 0 aliphatic rings. The molecule has 4 nitrogen and oxygen atoms in total. The van der Waals surface area contributed by atoms with Crippen LogP contribution in [0.3, 0.4) is 0 Å². The van der Waals surface area contributed by atoms with Gasteiger partial charge in [-0.15, -0.1) is 0 Å². The summed E-state index contributed by atoms with van der Waals surface area (Å²) in [6.07, 6.45) is 0. The second-order valence-corrected chi connectivity index (χ2v) is 4.80. The molecule has 17 heavy (non-hydrogen) atoms. The number of alkyl halides is 1. The molecule has 0 saturated carbocycles. The first-order valence-electron chi connectivity index (χ1n) is 5.90. The molecule has 0 aromatic carbocycles. The van der Waals surface area contributed by atoms with Gasteiger partial charge in [-0.05, 0) is 20.8 Å². The fourth-order valence-corrected chi connectivity index (χ4v) is 2.86. The Kier molecular flexibility index (Phi) is 5.46. The molecule has 0 aliphatic carbocycles. The maximum atomic E-state index is 5.25. The molecule has 0 saturated heterocycles. The van der Waals surface area contributed by atoms with Crippen LogP contribution in [-0.4, -0.2) is 36.1 Å². The topological polar surface area (TPSA) is 30.3 Å². The van der Waals surface area contributed by atoms with Crippen LogP contribution in [0.15, 0.2) is 0 Å². The third-order valence-corrected chi connectivity index (χ3v) is 3.56. The highest BCUT2D eigenvalue weighted by molar-refractivity contribution is 9.08. The summed E-state index contributed by atoms with van der Waals surface area (Å²) in [5.41, 5.74) is 2.35. The Morgan fingerprint density at radius 1 is 1.53 bits per heavy atom. The van der Waals surface area contributed by atoms with Crippen molar-refractivity contribution in [2.45, 2.75) is 32.1 Å². The van der Waals surface area contributed by atoms with Gasteiger partial charge in [0.1, 0.15) is 5.82 Å². The number of halogens is 1. The molecule has 0 bridgehead atoms. The molecule has 0 N–H and O–H groups in total. The predicted molar refractivity (Wildman–Crippen MR) is 74.9 cm³/mol. The molecule has 98 valence electrons. The van der Waals surface area contributed by atoms with Crippen LogP contribution in [0.1, 0.15) is 25.1 Å². The fourth-order valence-electron chi connectivity index (χ4n) is 2.21. The molecule has 0 radical (unpaired) electrons. The Hall–Kier alpha value is -0.550. The first-order valence-corrected chi connectivity index (χ1v) is 7.02. The van der Waals surface area contributed by atoms with Gasteiger partial charge in [-0.1, -0.05) is 15.9 Å². The molecule has 1 atom stereocenters. The highest BCUT2D eigenvalue weighted by Gasteiger charge is 2.21. The highest BCUT2D eigenvalue weighted by Crippen LogP contribution is 2.26. The normalized spacial score (nSPS) is 12.8. The lowest BCUT2D eigenvalue weighted by Crippen LogP contribution is -2.37. The summed E-state index contributed by atoms with van der Waals surface area (Å²) < 4.78 is 7.20. The average Bonchev–Trinajstić information content (AvgIpc) is 2.55. The van der Waals surface area contributed by atoms with E-state index in [0.29, 0.717) is 6.04 Å². The maximum absolute atomic E-state index is 5.25. The number of nitrogens with zero attached hydrogens (tertiary/aromatic N) is 3. The quantitative estimate of drug-likeness (QED) is 0.756. The summed E-state index contributed by atoms with van der Waals surface area (Å²) in [7, 11) is 3.74. The summed E-state index contributed by atoms with van der Waals surface area (Å²) in [6.45, 7) is 8.05. The van der Waals surface area contributed by atoms with Crippen LogP contribution in [0, 0.1) is 6.92 Å². The van der Waals surface area contributed by atoms with Gasteiger partial charge in [0.15, 0.2) is 0 Å². The third kappa shape index (κ3) is 3.01. The van der Waals surface area contributed by atoms with Crippen molar-refractivity contribution in [1.29, 1.82) is 0 Å². The zero-order chi connectivity index (χ0) is 13.0. The number of aryl methyl sites for hydroxylation is 2. The highest BCUT2D eigenvalue weighted by atomic mass is 79.9. The second-order valence-electron chi connectivity index (χ2n) is 4.24. The summed E-state index contributed by atoms with van der Waals surface area (Å²) in [6, 6.07) is 0.345. The van der Waals surface area contributed by atoms with E-state index in [1.165, 1.54) is 11.4 Å². The number of anilines is 1. The first kappa shape index (κ1) is 14.5. The fraction of sp³-hybridized carbons (Fsp3) is 0.750. The molecule has 0 amide bonds. The summed E-state index contributed by atoms with van der Waals surface area (Å²) in [4.78, 5) is 2.33. The lowest BCUT2D eigenvalue weighted by Gasteiger charge is -2.30. The number of hydrogen-bond acceptors (Lipinski definition) is 3. The van der Waals surface area contributed by atoms with Gasteiger partial charge >= 0.3 is 0 Å². The van der Waals surface area contributed by atoms with Crippen LogP contribution in [-0.2, 0) is 17.1 Å². The molecular weight excluding hydrogens is 282 g/mol. The smallest absolute Gasteiger partial charge is 0.131 e. The van der Waals surface area contributed by atoms with Gasteiger partial charge in [-0.3, -0.25) is 4.68 Å². The number of ether oxygens (including phenoxy) is 1. The van der Waals surface area contributed by atoms with Crippen LogP contribution in [0.4, 0.5) is 5.82 Å². The van der Waals surface area contributed by atoms with Crippen molar-refractivity contribution in [1.82, 2.24) is 9.78 Å². The van der Waals surface area contributed by atoms with Crippen LogP contribution in [0.2, 0.25) is 0 Å². The minimum absolute atomic E-state index is 0.345. The largest absolute Gasteiger partial charge is 0.383 e. The van der Waals surface area contributed by atoms with E-state index >= 15 is 0 Å².